The molecule has 0 unspecified atom stereocenters. The zero-order chi connectivity index (χ0) is 21.1. The highest BCUT2D eigenvalue weighted by Crippen LogP contribution is 2.37. The van der Waals surface area contributed by atoms with Crippen LogP contribution in [0.4, 0.5) is 5.95 Å². The van der Waals surface area contributed by atoms with Crippen molar-refractivity contribution in [3.63, 3.8) is 0 Å². The Balaban J connectivity index is 1.32. The first-order chi connectivity index (χ1) is 15.3. The summed E-state index contributed by atoms with van der Waals surface area (Å²) in [5.74, 6) is 3.53. The monoisotopic (exact) mass is 409 g/mol. The first-order valence-electron chi connectivity index (χ1n) is 10.4. The molecule has 0 aliphatic carbocycles. The smallest absolute Gasteiger partial charge is 0.204 e. The van der Waals surface area contributed by atoms with Gasteiger partial charge in [0, 0.05) is 44.1 Å². The fourth-order valence-corrected chi connectivity index (χ4v) is 3.75. The van der Waals surface area contributed by atoms with E-state index in [1.807, 2.05) is 65.6 Å². The molecule has 2 aromatic heterocycles. The van der Waals surface area contributed by atoms with Crippen molar-refractivity contribution in [2.75, 3.05) is 5.32 Å². The zero-order valence-electron chi connectivity index (χ0n) is 17.1. The van der Waals surface area contributed by atoms with Crippen molar-refractivity contribution in [2.24, 2.45) is 10.2 Å². The maximum absolute atomic E-state index is 5.42. The second-order valence-electron chi connectivity index (χ2n) is 7.69. The van der Waals surface area contributed by atoms with Crippen LogP contribution in [0.5, 0.6) is 0 Å². The van der Waals surface area contributed by atoms with Gasteiger partial charge >= 0.3 is 0 Å². The Hall–Kier alpha value is -3.92. The molecule has 7 nitrogen and oxygen atoms in total. The molecule has 1 N–H and O–H groups in total. The van der Waals surface area contributed by atoms with Crippen LogP contribution in [0, 0.1) is 12.3 Å². The number of para-hydroxylation sites is 3. The van der Waals surface area contributed by atoms with Crippen LogP contribution < -0.4 is 5.32 Å². The van der Waals surface area contributed by atoms with E-state index in [4.69, 9.17) is 11.4 Å². The Morgan fingerprint density at radius 2 is 1.81 bits per heavy atom. The van der Waals surface area contributed by atoms with Gasteiger partial charge in [-0.25, -0.2) is 9.67 Å². The number of hydrogen-bond donors (Lipinski definition) is 1. The standard InChI is InChI=1S/C24H23N7/c1-2-3-13-24(28-29-24)14-15-30-22-12-8-7-11-21(22)27-23(30)25-16-19-17-26-31(18-19)20-9-5-4-6-10-20/h1,4-12,17-18H,3,13-16H2,(H,25,27). The summed E-state index contributed by atoms with van der Waals surface area (Å²) in [6.07, 6.45) is 11.6. The van der Waals surface area contributed by atoms with Gasteiger partial charge in [0.15, 0.2) is 5.66 Å². The molecule has 154 valence electrons. The van der Waals surface area contributed by atoms with E-state index in [0.717, 1.165) is 47.6 Å². The summed E-state index contributed by atoms with van der Waals surface area (Å²) in [6.45, 7) is 1.40. The van der Waals surface area contributed by atoms with Crippen molar-refractivity contribution in [1.29, 1.82) is 0 Å². The molecule has 0 fully saturated rings. The number of hydrogen-bond acceptors (Lipinski definition) is 5. The summed E-state index contributed by atoms with van der Waals surface area (Å²) in [4.78, 5) is 4.81. The molecule has 4 aromatic rings. The molecule has 1 aliphatic heterocycles. The largest absolute Gasteiger partial charge is 0.351 e. The van der Waals surface area contributed by atoms with Gasteiger partial charge in [-0.1, -0.05) is 30.3 Å². The summed E-state index contributed by atoms with van der Waals surface area (Å²) < 4.78 is 4.09. The van der Waals surface area contributed by atoms with Gasteiger partial charge < -0.3 is 9.88 Å². The van der Waals surface area contributed by atoms with Crippen LogP contribution >= 0.6 is 0 Å². The highest BCUT2D eigenvalue weighted by Gasteiger charge is 2.39. The van der Waals surface area contributed by atoms with Crippen LogP contribution in [0.3, 0.4) is 0 Å². The minimum atomic E-state index is -0.314. The topological polar surface area (TPSA) is 72.4 Å². The molecule has 0 saturated carbocycles. The van der Waals surface area contributed by atoms with Crippen molar-refractivity contribution in [3.8, 4) is 18.0 Å². The van der Waals surface area contributed by atoms with Crippen LogP contribution in [-0.4, -0.2) is 25.0 Å². The highest BCUT2D eigenvalue weighted by molar-refractivity contribution is 5.78. The molecule has 0 spiro atoms. The number of fused-ring (bicyclic) bond motifs is 1. The van der Waals surface area contributed by atoms with Gasteiger partial charge in [0.05, 0.1) is 22.9 Å². The Labute approximate surface area is 180 Å². The third-order valence-electron chi connectivity index (χ3n) is 5.55. The number of terminal acetylenes is 1. The summed E-state index contributed by atoms with van der Waals surface area (Å²) in [5, 5.41) is 16.5. The quantitative estimate of drug-likeness (QED) is 0.404. The van der Waals surface area contributed by atoms with Gasteiger partial charge in [0.2, 0.25) is 5.95 Å². The molecule has 0 atom stereocenters. The zero-order valence-corrected chi connectivity index (χ0v) is 17.1. The molecular weight excluding hydrogens is 386 g/mol. The van der Waals surface area contributed by atoms with Crippen LogP contribution in [-0.2, 0) is 13.1 Å². The molecule has 0 amide bonds. The highest BCUT2D eigenvalue weighted by atomic mass is 15.4. The second-order valence-corrected chi connectivity index (χ2v) is 7.69. The van der Waals surface area contributed by atoms with Gasteiger partial charge in [-0.3, -0.25) is 0 Å². The molecule has 5 rings (SSSR count). The van der Waals surface area contributed by atoms with Crippen molar-refractivity contribution in [2.45, 2.75) is 38.0 Å². The molecule has 7 heteroatoms. The number of rotatable bonds is 9. The summed E-state index contributed by atoms with van der Waals surface area (Å²) in [7, 11) is 0. The van der Waals surface area contributed by atoms with Crippen molar-refractivity contribution >= 4 is 17.0 Å². The van der Waals surface area contributed by atoms with Gasteiger partial charge in [-0.05, 0) is 24.3 Å². The van der Waals surface area contributed by atoms with E-state index in [2.05, 4.69) is 37.2 Å². The first-order valence-corrected chi connectivity index (χ1v) is 10.4. The summed E-state index contributed by atoms with van der Waals surface area (Å²) >= 11 is 0. The average molecular weight is 409 g/mol. The number of nitrogens with one attached hydrogen (secondary N) is 1. The molecule has 0 saturated heterocycles. The molecule has 3 heterocycles. The predicted molar refractivity (Wildman–Crippen MR) is 121 cm³/mol. The summed E-state index contributed by atoms with van der Waals surface area (Å²) in [5.41, 5.74) is 3.87. The minimum Gasteiger partial charge on any atom is -0.351 e. The number of nitrogens with zero attached hydrogens (tertiary/aromatic N) is 6. The molecule has 2 aromatic carbocycles. The van der Waals surface area contributed by atoms with Crippen LogP contribution in [0.2, 0.25) is 0 Å². The Kier molecular flexibility index (Phi) is 4.97. The lowest BCUT2D eigenvalue weighted by Gasteiger charge is -2.13. The maximum atomic E-state index is 5.42. The number of imidazole rings is 1. The van der Waals surface area contributed by atoms with E-state index in [0.29, 0.717) is 13.0 Å². The Bertz CT molecular complexity index is 1250. The lowest BCUT2D eigenvalue weighted by molar-refractivity contribution is 0.475. The molecule has 31 heavy (non-hydrogen) atoms. The van der Waals surface area contributed by atoms with Crippen LogP contribution in [0.15, 0.2) is 77.2 Å². The van der Waals surface area contributed by atoms with Crippen molar-refractivity contribution < 1.29 is 0 Å². The normalized spacial score (nSPS) is 13.9. The fraction of sp³-hybridized carbons (Fsp3) is 0.250. The third kappa shape index (κ3) is 4.05. The molecular formula is C24H23N7. The van der Waals surface area contributed by atoms with E-state index in [-0.39, 0.29) is 5.66 Å². The summed E-state index contributed by atoms with van der Waals surface area (Å²) in [6, 6.07) is 18.3. The van der Waals surface area contributed by atoms with Gasteiger partial charge in [-0.2, -0.15) is 15.3 Å². The van der Waals surface area contributed by atoms with Crippen molar-refractivity contribution in [1.82, 2.24) is 19.3 Å². The maximum Gasteiger partial charge on any atom is 0.204 e. The van der Waals surface area contributed by atoms with Crippen molar-refractivity contribution in [3.05, 3.63) is 72.6 Å². The van der Waals surface area contributed by atoms with Gasteiger partial charge in [0.1, 0.15) is 0 Å². The molecule has 1 aliphatic rings. The second kappa shape index (κ2) is 8.07. The van der Waals surface area contributed by atoms with Crippen LogP contribution in [0.25, 0.3) is 16.7 Å². The SMILES string of the molecule is C#CCCC1(CCn2c(NCc3cnn(-c4ccccc4)c3)nc3ccccc32)N=N1. The third-order valence-corrected chi connectivity index (χ3v) is 5.55. The number of aryl methyl sites for hydroxylation is 1. The van der Waals surface area contributed by atoms with E-state index < -0.39 is 0 Å². The Morgan fingerprint density at radius 3 is 2.61 bits per heavy atom. The minimum absolute atomic E-state index is 0.314. The fourth-order valence-electron chi connectivity index (χ4n) is 3.75. The van der Waals surface area contributed by atoms with Crippen LogP contribution in [0.1, 0.15) is 24.8 Å². The molecule has 0 radical (unpaired) electrons. The van der Waals surface area contributed by atoms with Gasteiger partial charge in [-0.15, -0.1) is 12.3 Å². The number of aromatic nitrogens is 4. The number of anilines is 1. The van der Waals surface area contributed by atoms with E-state index in [1.165, 1.54) is 0 Å². The lowest BCUT2D eigenvalue weighted by atomic mass is 10.0. The predicted octanol–water partition coefficient (Wildman–Crippen LogP) is 4.80. The van der Waals surface area contributed by atoms with Gasteiger partial charge in [0.25, 0.3) is 0 Å². The number of benzene rings is 2. The molecule has 0 bridgehead atoms. The van der Waals surface area contributed by atoms with E-state index in [9.17, 15) is 0 Å². The Morgan fingerprint density at radius 1 is 1.00 bits per heavy atom. The average Bonchev–Trinajstić information content (AvgIpc) is 3.27. The lowest BCUT2D eigenvalue weighted by Crippen LogP contribution is -2.16. The van der Waals surface area contributed by atoms with E-state index in [1.54, 1.807) is 0 Å². The first kappa shape index (κ1) is 19.1. The van der Waals surface area contributed by atoms with E-state index >= 15 is 0 Å².